The highest BCUT2D eigenvalue weighted by Gasteiger charge is 2.32. The average molecular weight is 337 g/mol. The lowest BCUT2D eigenvalue weighted by atomic mass is 9.77. The molecule has 2 heterocycles. The van der Waals surface area contributed by atoms with Crippen LogP contribution in [0.5, 0.6) is 0 Å². The zero-order valence-electron chi connectivity index (χ0n) is 13.8. The third kappa shape index (κ3) is 3.12. The summed E-state index contributed by atoms with van der Waals surface area (Å²) in [4.78, 5) is 31.4. The molecule has 3 atom stereocenters. The van der Waals surface area contributed by atoms with E-state index in [0.29, 0.717) is 40.5 Å². The molecule has 0 bridgehead atoms. The van der Waals surface area contributed by atoms with Crippen molar-refractivity contribution in [2.45, 2.75) is 45.8 Å². The van der Waals surface area contributed by atoms with Crippen LogP contribution in [0.4, 0.5) is 0 Å². The molecule has 0 saturated heterocycles. The van der Waals surface area contributed by atoms with E-state index in [0.717, 1.165) is 6.42 Å². The fourth-order valence-electron chi connectivity index (χ4n) is 3.57. The smallest absolute Gasteiger partial charge is 0.332 e. The first-order chi connectivity index (χ1) is 11.0. The van der Waals surface area contributed by atoms with Gasteiger partial charge < -0.3 is 4.74 Å². The number of fused-ring (bicyclic) bond motifs is 1. The Labute approximate surface area is 139 Å². The highest BCUT2D eigenvalue weighted by Crippen LogP contribution is 2.33. The van der Waals surface area contributed by atoms with Gasteiger partial charge >= 0.3 is 5.97 Å². The Kier molecular flexibility index (Phi) is 4.68. The first-order valence-electron chi connectivity index (χ1n) is 8.09. The average Bonchev–Trinajstić information content (AvgIpc) is 2.85. The van der Waals surface area contributed by atoms with Crippen molar-refractivity contribution in [1.29, 1.82) is 0 Å². The van der Waals surface area contributed by atoms with E-state index in [4.69, 9.17) is 0 Å². The van der Waals surface area contributed by atoms with Gasteiger partial charge in [-0.05, 0) is 18.3 Å². The molecule has 1 aliphatic carbocycles. The Hall–Kier alpha value is -1.47. The number of hydrogen-bond donors (Lipinski definition) is 0. The van der Waals surface area contributed by atoms with Crippen LogP contribution in [0.15, 0.2) is 9.79 Å². The van der Waals surface area contributed by atoms with Crippen LogP contribution in [0, 0.1) is 11.8 Å². The Morgan fingerprint density at radius 1 is 1.39 bits per heavy atom. The van der Waals surface area contributed by atoms with Crippen molar-refractivity contribution in [3.63, 3.8) is 0 Å². The van der Waals surface area contributed by atoms with E-state index < -0.39 is 5.97 Å². The van der Waals surface area contributed by atoms with E-state index in [9.17, 15) is 9.59 Å². The second kappa shape index (κ2) is 6.57. The van der Waals surface area contributed by atoms with Crippen molar-refractivity contribution < 1.29 is 9.53 Å². The third-order valence-corrected chi connectivity index (χ3v) is 6.23. The Morgan fingerprint density at radius 3 is 2.91 bits per heavy atom. The molecule has 1 aromatic heterocycles. The van der Waals surface area contributed by atoms with E-state index in [1.165, 1.54) is 37.4 Å². The Morgan fingerprint density at radius 2 is 2.17 bits per heavy atom. The molecule has 0 amide bonds. The lowest BCUT2D eigenvalue weighted by Gasteiger charge is -2.41. The molecule has 0 radical (unpaired) electrons. The monoisotopic (exact) mass is 337 g/mol. The number of methoxy groups -OCH3 is 1. The molecule has 1 saturated carbocycles. The van der Waals surface area contributed by atoms with Crippen LogP contribution >= 0.6 is 11.3 Å². The maximum atomic E-state index is 12.5. The predicted molar refractivity (Wildman–Crippen MR) is 88.5 cm³/mol. The summed E-state index contributed by atoms with van der Waals surface area (Å²) < 4.78 is 6.67. The molecule has 126 valence electrons. The predicted octanol–water partition coefficient (Wildman–Crippen LogP) is 0.538. The molecule has 0 N–H and O–H groups in total. The topological polar surface area (TPSA) is 63.9 Å². The Bertz CT molecular complexity index is 767. The largest absolute Gasteiger partial charge is 0.466 e. The molecular formula is C16H23N3O3S. The zero-order valence-corrected chi connectivity index (χ0v) is 14.6. The molecule has 23 heavy (non-hydrogen) atoms. The zero-order chi connectivity index (χ0) is 16.6. The molecule has 2 aliphatic rings. The molecule has 7 heteroatoms. The summed E-state index contributed by atoms with van der Waals surface area (Å²) >= 11 is 1.26. The number of hydrogen-bond acceptors (Lipinski definition) is 6. The van der Waals surface area contributed by atoms with E-state index in [1.807, 2.05) is 0 Å². The van der Waals surface area contributed by atoms with Gasteiger partial charge in [0, 0.05) is 12.1 Å². The molecule has 0 aromatic carbocycles. The maximum absolute atomic E-state index is 12.5. The van der Waals surface area contributed by atoms with Crippen molar-refractivity contribution in [2.24, 2.45) is 16.8 Å². The van der Waals surface area contributed by atoms with Gasteiger partial charge in [-0.15, -0.1) is 0 Å². The van der Waals surface area contributed by atoms with Crippen LogP contribution in [0.3, 0.4) is 0 Å². The van der Waals surface area contributed by atoms with Gasteiger partial charge in [0.1, 0.15) is 4.53 Å². The summed E-state index contributed by atoms with van der Waals surface area (Å²) in [5, 5.41) is 0. The normalized spacial score (nSPS) is 29.0. The van der Waals surface area contributed by atoms with Gasteiger partial charge in [0.25, 0.3) is 5.56 Å². The second-order valence-electron chi connectivity index (χ2n) is 6.51. The molecular weight excluding hydrogens is 314 g/mol. The van der Waals surface area contributed by atoms with Crippen molar-refractivity contribution in [3.05, 3.63) is 19.7 Å². The highest BCUT2D eigenvalue weighted by molar-refractivity contribution is 7.07. The summed E-state index contributed by atoms with van der Waals surface area (Å²) in [7, 11) is 1.31. The van der Waals surface area contributed by atoms with E-state index in [-0.39, 0.29) is 5.56 Å². The van der Waals surface area contributed by atoms with Gasteiger partial charge in [-0.25, -0.2) is 9.79 Å². The fraction of sp³-hybridized carbons (Fsp3) is 0.688. The van der Waals surface area contributed by atoms with Crippen molar-refractivity contribution >= 4 is 23.4 Å². The minimum absolute atomic E-state index is 0.152. The third-order valence-electron chi connectivity index (χ3n) is 5.18. The number of aromatic nitrogens is 1. The van der Waals surface area contributed by atoms with E-state index in [1.54, 1.807) is 4.57 Å². The summed E-state index contributed by atoms with van der Waals surface area (Å²) in [6.45, 7) is 5.80. The summed E-state index contributed by atoms with van der Waals surface area (Å²) in [5.41, 5.74) is -0.152. The fourth-order valence-corrected chi connectivity index (χ4v) is 4.50. The number of esters is 1. The van der Waals surface area contributed by atoms with Crippen molar-refractivity contribution in [3.8, 4) is 0 Å². The minimum atomic E-state index is -0.507. The Balaban J connectivity index is 1.88. The van der Waals surface area contributed by atoms with Gasteiger partial charge in [-0.3, -0.25) is 14.3 Å². The van der Waals surface area contributed by atoms with Crippen LogP contribution in [-0.2, 0) is 16.2 Å². The summed E-state index contributed by atoms with van der Waals surface area (Å²) in [6, 6.07) is 0.468. The maximum Gasteiger partial charge on any atom is 0.332 e. The molecule has 6 nitrogen and oxygen atoms in total. The number of thiazole rings is 1. The number of ether oxygens (including phenoxy) is 1. The van der Waals surface area contributed by atoms with Gasteiger partial charge in [-0.1, -0.05) is 38.0 Å². The van der Waals surface area contributed by atoms with Crippen LogP contribution < -0.4 is 14.9 Å². The van der Waals surface area contributed by atoms with Crippen LogP contribution in [0.1, 0.15) is 33.1 Å². The second-order valence-corrected chi connectivity index (χ2v) is 7.52. The number of rotatable bonds is 2. The van der Waals surface area contributed by atoms with Crippen LogP contribution in [0.25, 0.3) is 6.08 Å². The lowest BCUT2D eigenvalue weighted by Crippen LogP contribution is -2.50. The van der Waals surface area contributed by atoms with Gasteiger partial charge in [-0.2, -0.15) is 0 Å². The summed E-state index contributed by atoms with van der Waals surface area (Å²) in [6.07, 6.45) is 4.93. The van der Waals surface area contributed by atoms with Gasteiger partial charge in [0.15, 0.2) is 4.80 Å². The van der Waals surface area contributed by atoms with E-state index >= 15 is 0 Å². The number of carbonyl (C=O) groups excluding carboxylic acids is 1. The van der Waals surface area contributed by atoms with Gasteiger partial charge in [0.2, 0.25) is 0 Å². The molecule has 3 rings (SSSR count). The van der Waals surface area contributed by atoms with Crippen LogP contribution in [0.2, 0.25) is 0 Å². The molecule has 0 unspecified atom stereocenters. The molecule has 1 fully saturated rings. The quantitative estimate of drug-likeness (QED) is 0.739. The molecule has 1 aromatic rings. The van der Waals surface area contributed by atoms with Crippen molar-refractivity contribution in [1.82, 2.24) is 9.47 Å². The SMILES string of the molecule is COC(=O)/C=c1/sc2n(c1=O)CN([C@@H]1CCC[C@@H](C)[C@@H]1C)CN=2. The van der Waals surface area contributed by atoms with Gasteiger partial charge in [0.05, 0.1) is 20.4 Å². The molecule has 1 aliphatic heterocycles. The molecule has 0 spiro atoms. The standard InChI is InChI=1S/C16H23N3O3S/c1-10-5-4-6-12(11(10)2)18-8-17-16-19(9-18)15(21)13(23-16)7-14(20)22-3/h7,10-12H,4-6,8-9H2,1-3H3/b13-7+/t10-,11+,12-/m1/s1. The minimum Gasteiger partial charge on any atom is -0.466 e. The first kappa shape index (κ1) is 16.4. The van der Waals surface area contributed by atoms with Crippen LogP contribution in [-0.4, -0.2) is 35.3 Å². The van der Waals surface area contributed by atoms with Crippen molar-refractivity contribution in [2.75, 3.05) is 13.8 Å². The number of carbonyl (C=O) groups is 1. The van der Waals surface area contributed by atoms with E-state index in [2.05, 4.69) is 28.5 Å². The first-order valence-corrected chi connectivity index (χ1v) is 8.90. The highest BCUT2D eigenvalue weighted by atomic mass is 32.1. The summed E-state index contributed by atoms with van der Waals surface area (Å²) in [5.74, 6) is 0.807. The number of nitrogens with zero attached hydrogens (tertiary/aromatic N) is 3. The lowest BCUT2D eigenvalue weighted by molar-refractivity contribution is -0.133.